The number of likely N-dealkylation sites (N-methyl/N-ethyl adjacent to an activating group) is 1. The quantitative estimate of drug-likeness (QED) is 0.463. The fraction of sp³-hybridized carbons (Fsp3) is 0.364. The molecule has 106 valence electrons. The monoisotopic (exact) mass is 351 g/mol. The van der Waals surface area contributed by atoms with Gasteiger partial charge in [-0.25, -0.2) is 0 Å². The normalized spacial score (nSPS) is 9.58. The van der Waals surface area contributed by atoms with Crippen molar-refractivity contribution in [2.75, 3.05) is 20.1 Å². The lowest BCUT2D eigenvalue weighted by Gasteiger charge is -2.06. The highest BCUT2D eigenvalue weighted by atomic mass is 79.9. The van der Waals surface area contributed by atoms with Gasteiger partial charge in [0.05, 0.1) is 11.3 Å². The van der Waals surface area contributed by atoms with Gasteiger partial charge in [0.1, 0.15) is 0 Å². The smallest absolute Gasteiger partial charge is 0.270 e. The minimum atomic E-state index is -0.471. The van der Waals surface area contributed by atoms with Crippen LogP contribution in [-0.4, -0.2) is 31.0 Å². The number of nitro groups is 1. The summed E-state index contributed by atoms with van der Waals surface area (Å²) in [5.74, 6) is -0.111. The van der Waals surface area contributed by atoms with Crippen molar-refractivity contribution in [1.29, 1.82) is 0 Å². The molecule has 0 aliphatic carbocycles. The predicted octanol–water partition coefficient (Wildman–Crippen LogP) is 1.66. The van der Waals surface area contributed by atoms with Crippen molar-refractivity contribution in [1.82, 2.24) is 10.6 Å². The first-order chi connectivity index (χ1) is 8.54. The SMILES string of the molecule is CNCCNC(=O)Cc1ccc([N+](=O)[O-])cc1Br.Cl. The van der Waals surface area contributed by atoms with Gasteiger partial charge < -0.3 is 10.6 Å². The van der Waals surface area contributed by atoms with E-state index in [-0.39, 0.29) is 30.4 Å². The molecule has 0 fully saturated rings. The second-order valence-electron chi connectivity index (χ2n) is 3.66. The molecule has 0 unspecified atom stereocenters. The molecule has 2 N–H and O–H groups in total. The summed E-state index contributed by atoms with van der Waals surface area (Å²) in [7, 11) is 1.80. The second-order valence-corrected chi connectivity index (χ2v) is 4.52. The summed E-state index contributed by atoms with van der Waals surface area (Å²) < 4.78 is 0.570. The minimum Gasteiger partial charge on any atom is -0.355 e. The van der Waals surface area contributed by atoms with Crippen LogP contribution < -0.4 is 10.6 Å². The Balaban J connectivity index is 0.00000324. The van der Waals surface area contributed by atoms with E-state index >= 15 is 0 Å². The van der Waals surface area contributed by atoms with Gasteiger partial charge in [0.2, 0.25) is 5.91 Å². The topological polar surface area (TPSA) is 84.3 Å². The molecule has 19 heavy (non-hydrogen) atoms. The molecule has 1 aromatic rings. The van der Waals surface area contributed by atoms with Gasteiger partial charge in [-0.2, -0.15) is 0 Å². The van der Waals surface area contributed by atoms with E-state index in [1.54, 1.807) is 13.1 Å². The van der Waals surface area contributed by atoms with E-state index in [0.29, 0.717) is 17.6 Å². The number of halogens is 2. The number of carbonyl (C=O) groups excluding carboxylic acids is 1. The highest BCUT2D eigenvalue weighted by Crippen LogP contribution is 2.23. The maximum Gasteiger partial charge on any atom is 0.270 e. The van der Waals surface area contributed by atoms with Crippen LogP contribution in [0.5, 0.6) is 0 Å². The lowest BCUT2D eigenvalue weighted by atomic mass is 10.1. The largest absolute Gasteiger partial charge is 0.355 e. The number of nitrogens with zero attached hydrogens (tertiary/aromatic N) is 1. The van der Waals surface area contributed by atoms with Crippen molar-refractivity contribution in [3.63, 3.8) is 0 Å². The Bertz CT molecular complexity index is 457. The molecule has 0 saturated carbocycles. The van der Waals surface area contributed by atoms with Crippen LogP contribution in [0.3, 0.4) is 0 Å². The summed E-state index contributed by atoms with van der Waals surface area (Å²) in [4.78, 5) is 21.7. The molecule has 1 amide bonds. The lowest BCUT2D eigenvalue weighted by Crippen LogP contribution is -2.31. The predicted molar refractivity (Wildman–Crippen MR) is 78.7 cm³/mol. The van der Waals surface area contributed by atoms with Gasteiger partial charge in [-0.1, -0.05) is 22.0 Å². The Morgan fingerprint density at radius 3 is 2.63 bits per heavy atom. The molecule has 1 aromatic carbocycles. The van der Waals surface area contributed by atoms with Gasteiger partial charge in [0, 0.05) is 29.7 Å². The van der Waals surface area contributed by atoms with Crippen molar-refractivity contribution in [2.45, 2.75) is 6.42 Å². The van der Waals surface area contributed by atoms with Crippen LogP contribution in [0.15, 0.2) is 22.7 Å². The van der Waals surface area contributed by atoms with Crippen molar-refractivity contribution in [2.24, 2.45) is 0 Å². The summed E-state index contributed by atoms with van der Waals surface area (Å²) >= 11 is 3.23. The fourth-order valence-electron chi connectivity index (χ4n) is 1.36. The van der Waals surface area contributed by atoms with Gasteiger partial charge in [-0.05, 0) is 12.6 Å². The maximum absolute atomic E-state index is 11.6. The van der Waals surface area contributed by atoms with Crippen LogP contribution in [0, 0.1) is 10.1 Å². The molecule has 0 aliphatic rings. The second kappa shape index (κ2) is 8.84. The molecule has 0 aliphatic heterocycles. The molecule has 0 heterocycles. The standard InChI is InChI=1S/C11H14BrN3O3.ClH/c1-13-4-5-14-11(16)6-8-2-3-9(15(17)18)7-10(8)12;/h2-3,7,13H,4-6H2,1H3,(H,14,16);1H. The van der Waals surface area contributed by atoms with Gasteiger partial charge in [0.25, 0.3) is 5.69 Å². The average molecular weight is 353 g/mol. The number of benzene rings is 1. The van der Waals surface area contributed by atoms with Crippen LogP contribution in [0.25, 0.3) is 0 Å². The lowest BCUT2D eigenvalue weighted by molar-refractivity contribution is -0.384. The first-order valence-electron chi connectivity index (χ1n) is 5.38. The number of amides is 1. The Labute approximate surface area is 125 Å². The molecule has 8 heteroatoms. The van der Waals surface area contributed by atoms with Gasteiger partial charge >= 0.3 is 0 Å². The van der Waals surface area contributed by atoms with E-state index in [4.69, 9.17) is 0 Å². The maximum atomic E-state index is 11.6. The number of hydrogen-bond donors (Lipinski definition) is 2. The van der Waals surface area contributed by atoms with E-state index < -0.39 is 4.92 Å². The Hall–Kier alpha value is -1.18. The van der Waals surface area contributed by atoms with E-state index in [1.165, 1.54) is 12.1 Å². The summed E-state index contributed by atoms with van der Waals surface area (Å²) in [5.41, 5.74) is 0.726. The Morgan fingerprint density at radius 1 is 1.42 bits per heavy atom. The molecule has 0 radical (unpaired) electrons. The molecule has 0 atom stereocenters. The van der Waals surface area contributed by atoms with E-state index in [1.807, 2.05) is 0 Å². The average Bonchev–Trinajstić information content (AvgIpc) is 2.32. The number of nitro benzene ring substituents is 1. The zero-order valence-electron chi connectivity index (χ0n) is 10.3. The number of non-ortho nitro benzene ring substituents is 1. The first-order valence-corrected chi connectivity index (χ1v) is 6.18. The zero-order valence-corrected chi connectivity index (χ0v) is 12.7. The van der Waals surface area contributed by atoms with Crippen LogP contribution in [0.2, 0.25) is 0 Å². The van der Waals surface area contributed by atoms with Crippen molar-refractivity contribution < 1.29 is 9.72 Å². The molecule has 0 bridgehead atoms. The fourth-order valence-corrected chi connectivity index (χ4v) is 1.86. The third-order valence-corrected chi connectivity index (χ3v) is 3.03. The summed E-state index contributed by atoms with van der Waals surface area (Å²) in [6.45, 7) is 1.26. The molecule has 6 nitrogen and oxygen atoms in total. The van der Waals surface area contributed by atoms with Gasteiger partial charge in [-0.3, -0.25) is 14.9 Å². The van der Waals surface area contributed by atoms with Crippen molar-refractivity contribution in [3.05, 3.63) is 38.3 Å². The van der Waals surface area contributed by atoms with Gasteiger partial charge in [-0.15, -0.1) is 12.4 Å². The molecular weight excluding hydrogens is 337 g/mol. The molecule has 0 aromatic heterocycles. The van der Waals surface area contributed by atoms with Crippen LogP contribution in [-0.2, 0) is 11.2 Å². The van der Waals surface area contributed by atoms with Crippen molar-refractivity contribution >= 4 is 39.9 Å². The van der Waals surface area contributed by atoms with E-state index in [0.717, 1.165) is 5.56 Å². The zero-order chi connectivity index (χ0) is 13.5. The Kier molecular flexibility index (Phi) is 8.29. The molecule has 0 spiro atoms. The number of nitrogens with one attached hydrogen (secondary N) is 2. The van der Waals surface area contributed by atoms with E-state index in [2.05, 4.69) is 26.6 Å². The third kappa shape index (κ3) is 6.00. The highest BCUT2D eigenvalue weighted by molar-refractivity contribution is 9.10. The van der Waals surface area contributed by atoms with E-state index in [9.17, 15) is 14.9 Å². The molecular formula is C11H15BrClN3O3. The van der Waals surface area contributed by atoms with Crippen molar-refractivity contribution in [3.8, 4) is 0 Å². The molecule has 0 saturated heterocycles. The van der Waals surface area contributed by atoms with Crippen LogP contribution in [0.4, 0.5) is 5.69 Å². The van der Waals surface area contributed by atoms with Gasteiger partial charge in [0.15, 0.2) is 0 Å². The van der Waals surface area contributed by atoms with Crippen LogP contribution >= 0.6 is 28.3 Å². The summed E-state index contributed by atoms with van der Waals surface area (Å²) in [6.07, 6.45) is 0.197. The third-order valence-electron chi connectivity index (χ3n) is 2.30. The molecule has 1 rings (SSSR count). The number of carbonyl (C=O) groups is 1. The number of rotatable bonds is 6. The summed E-state index contributed by atoms with van der Waals surface area (Å²) in [5, 5.41) is 16.2. The van der Waals surface area contributed by atoms with Crippen LogP contribution in [0.1, 0.15) is 5.56 Å². The summed E-state index contributed by atoms with van der Waals surface area (Å²) in [6, 6.07) is 4.37. The minimum absolute atomic E-state index is 0. The highest BCUT2D eigenvalue weighted by Gasteiger charge is 2.11. The Morgan fingerprint density at radius 2 is 2.11 bits per heavy atom. The first kappa shape index (κ1) is 17.8. The number of hydrogen-bond acceptors (Lipinski definition) is 4.